The molecule has 2 N–H and O–H groups in total. The second-order valence-electron chi connectivity index (χ2n) is 3.96. The molecule has 2 atom stereocenters. The van der Waals surface area contributed by atoms with Crippen LogP contribution in [0.1, 0.15) is 19.3 Å². The summed E-state index contributed by atoms with van der Waals surface area (Å²) in [5.74, 6) is 1.23. The first kappa shape index (κ1) is 9.74. The maximum Gasteiger partial charge on any atom is 0.136 e. The van der Waals surface area contributed by atoms with Crippen molar-refractivity contribution in [2.75, 3.05) is 25.4 Å². The minimum Gasteiger partial charge on any atom is -0.313 e. The number of alkyl halides is 1. The molecule has 2 unspecified atom stereocenters. The lowest BCUT2D eigenvalue weighted by Gasteiger charge is -2.21. The van der Waals surface area contributed by atoms with Crippen molar-refractivity contribution in [1.29, 1.82) is 0 Å². The van der Waals surface area contributed by atoms with Crippen molar-refractivity contribution in [3.63, 3.8) is 0 Å². The Kier molecular flexibility index (Phi) is 3.11. The first-order valence-electron chi connectivity index (χ1n) is 5.03. The highest BCUT2D eigenvalue weighted by atomic mass is 32.2. The van der Waals surface area contributed by atoms with Crippen LogP contribution in [-0.2, 0) is 0 Å². The Morgan fingerprint density at radius 1 is 1.62 bits per heavy atom. The first-order chi connectivity index (χ1) is 6.29. The number of nitrogens with one attached hydrogen (secondary N) is 2. The van der Waals surface area contributed by atoms with E-state index in [-0.39, 0.29) is 0 Å². The van der Waals surface area contributed by atoms with Crippen LogP contribution in [0.3, 0.4) is 0 Å². The van der Waals surface area contributed by atoms with Crippen molar-refractivity contribution in [3.8, 4) is 0 Å². The van der Waals surface area contributed by atoms with Crippen molar-refractivity contribution < 1.29 is 4.39 Å². The predicted molar refractivity (Wildman–Crippen MR) is 54.8 cm³/mol. The summed E-state index contributed by atoms with van der Waals surface area (Å²) in [5, 5.41) is 6.89. The lowest BCUT2D eigenvalue weighted by molar-refractivity contribution is 0.184. The maximum absolute atomic E-state index is 13.8. The zero-order chi connectivity index (χ0) is 9.15. The Hall–Kier alpha value is 0.200. The van der Waals surface area contributed by atoms with Gasteiger partial charge in [0.25, 0.3) is 0 Å². The van der Waals surface area contributed by atoms with Gasteiger partial charge in [0.2, 0.25) is 0 Å². The summed E-state index contributed by atoms with van der Waals surface area (Å²) in [6, 6.07) is 0. The van der Waals surface area contributed by atoms with Gasteiger partial charge in [0, 0.05) is 13.1 Å². The molecule has 0 saturated carbocycles. The van der Waals surface area contributed by atoms with E-state index in [0.717, 1.165) is 6.54 Å². The van der Waals surface area contributed by atoms with Crippen LogP contribution < -0.4 is 10.6 Å². The van der Waals surface area contributed by atoms with Gasteiger partial charge in [-0.3, -0.25) is 0 Å². The summed E-state index contributed by atoms with van der Waals surface area (Å²) in [4.78, 5) is 0. The molecule has 0 aliphatic carbocycles. The third-order valence-electron chi connectivity index (χ3n) is 2.77. The van der Waals surface area contributed by atoms with Gasteiger partial charge >= 0.3 is 0 Å². The Balaban J connectivity index is 1.71. The molecule has 0 aromatic rings. The van der Waals surface area contributed by atoms with Crippen LogP contribution in [0.5, 0.6) is 0 Å². The lowest BCUT2D eigenvalue weighted by Crippen LogP contribution is -2.41. The van der Waals surface area contributed by atoms with E-state index >= 15 is 0 Å². The average molecular weight is 204 g/mol. The van der Waals surface area contributed by atoms with Gasteiger partial charge in [-0.05, 0) is 31.6 Å². The molecule has 2 fully saturated rings. The number of hydrogen-bond donors (Lipinski definition) is 2. The fourth-order valence-electron chi connectivity index (χ4n) is 1.90. The molecule has 2 aliphatic rings. The summed E-state index contributed by atoms with van der Waals surface area (Å²) in [6.07, 6.45) is 3.14. The Morgan fingerprint density at radius 3 is 3.15 bits per heavy atom. The molecule has 0 radical (unpaired) electrons. The number of rotatable bonds is 3. The van der Waals surface area contributed by atoms with E-state index in [2.05, 4.69) is 10.6 Å². The summed E-state index contributed by atoms with van der Waals surface area (Å²) in [6.45, 7) is 1.88. The largest absolute Gasteiger partial charge is 0.313 e. The highest BCUT2D eigenvalue weighted by Crippen LogP contribution is 2.25. The molecule has 76 valence electrons. The van der Waals surface area contributed by atoms with Crippen LogP contribution in [0.25, 0.3) is 0 Å². The zero-order valence-electron chi connectivity index (χ0n) is 7.81. The minimum atomic E-state index is -0.983. The first-order valence-corrected chi connectivity index (χ1v) is 6.08. The molecule has 2 nitrogen and oxygen atoms in total. The Morgan fingerprint density at radius 2 is 2.54 bits per heavy atom. The van der Waals surface area contributed by atoms with Gasteiger partial charge in [-0.25, -0.2) is 4.39 Å². The van der Waals surface area contributed by atoms with E-state index in [1.54, 1.807) is 0 Å². The van der Waals surface area contributed by atoms with Crippen molar-refractivity contribution >= 4 is 11.8 Å². The van der Waals surface area contributed by atoms with E-state index < -0.39 is 5.67 Å². The van der Waals surface area contributed by atoms with Crippen molar-refractivity contribution in [2.24, 2.45) is 0 Å². The van der Waals surface area contributed by atoms with E-state index in [0.29, 0.717) is 24.9 Å². The van der Waals surface area contributed by atoms with Crippen molar-refractivity contribution in [2.45, 2.75) is 30.3 Å². The molecule has 0 amide bonds. The summed E-state index contributed by atoms with van der Waals surface area (Å²) < 4.78 is 13.8. The fourth-order valence-corrected chi connectivity index (χ4v) is 3.05. The molecule has 0 aromatic carbocycles. The minimum absolute atomic E-state index is 0.508. The van der Waals surface area contributed by atoms with E-state index in [1.807, 2.05) is 11.8 Å². The van der Waals surface area contributed by atoms with Gasteiger partial charge in [-0.15, -0.1) is 11.8 Å². The monoisotopic (exact) mass is 204 g/mol. The Labute approximate surface area is 83.0 Å². The average Bonchev–Trinajstić information content (AvgIpc) is 2.72. The standard InChI is InChI=1S/C9H17FN2S/c10-9(3-4-11-6-9)7-12-8-2-1-5-13-8/h8,11-12H,1-7H2. The molecule has 13 heavy (non-hydrogen) atoms. The molecule has 2 rings (SSSR count). The van der Waals surface area contributed by atoms with Gasteiger partial charge in [0.05, 0.1) is 5.37 Å². The van der Waals surface area contributed by atoms with Crippen LogP contribution >= 0.6 is 11.8 Å². The fraction of sp³-hybridized carbons (Fsp3) is 1.00. The maximum atomic E-state index is 13.8. The highest BCUT2D eigenvalue weighted by Gasteiger charge is 2.34. The van der Waals surface area contributed by atoms with Crippen LogP contribution in [0, 0.1) is 0 Å². The molecular formula is C9H17FN2S. The van der Waals surface area contributed by atoms with Crippen LogP contribution in [0.15, 0.2) is 0 Å². The molecular weight excluding hydrogens is 187 g/mol. The normalized spacial score (nSPS) is 39.9. The number of halogens is 1. The lowest BCUT2D eigenvalue weighted by atomic mass is 10.1. The molecule has 0 aromatic heterocycles. The highest BCUT2D eigenvalue weighted by molar-refractivity contribution is 8.00. The summed E-state index contributed by atoms with van der Waals surface area (Å²) >= 11 is 1.93. The predicted octanol–water partition coefficient (Wildman–Crippen LogP) is 1.13. The third-order valence-corrected chi connectivity index (χ3v) is 4.10. The van der Waals surface area contributed by atoms with Crippen molar-refractivity contribution in [3.05, 3.63) is 0 Å². The van der Waals surface area contributed by atoms with E-state index in [9.17, 15) is 4.39 Å². The van der Waals surface area contributed by atoms with E-state index in [1.165, 1.54) is 18.6 Å². The smallest absolute Gasteiger partial charge is 0.136 e. The second-order valence-corrected chi connectivity index (χ2v) is 5.27. The van der Waals surface area contributed by atoms with Gasteiger partial charge < -0.3 is 10.6 Å². The third kappa shape index (κ3) is 2.58. The summed E-state index contributed by atoms with van der Waals surface area (Å²) in [7, 11) is 0. The topological polar surface area (TPSA) is 24.1 Å². The zero-order valence-corrected chi connectivity index (χ0v) is 8.63. The van der Waals surface area contributed by atoms with Gasteiger partial charge in [-0.2, -0.15) is 0 Å². The van der Waals surface area contributed by atoms with Crippen LogP contribution in [-0.4, -0.2) is 36.4 Å². The molecule has 2 heterocycles. The number of thioether (sulfide) groups is 1. The summed E-state index contributed by atoms with van der Waals surface area (Å²) in [5.41, 5.74) is -0.983. The Bertz CT molecular complexity index is 165. The van der Waals surface area contributed by atoms with Gasteiger partial charge in [0.15, 0.2) is 0 Å². The molecule has 2 saturated heterocycles. The molecule has 0 bridgehead atoms. The molecule has 4 heteroatoms. The van der Waals surface area contributed by atoms with Gasteiger partial charge in [-0.1, -0.05) is 0 Å². The van der Waals surface area contributed by atoms with Crippen LogP contribution in [0.2, 0.25) is 0 Å². The number of hydrogen-bond acceptors (Lipinski definition) is 3. The molecule has 0 spiro atoms. The molecule has 2 aliphatic heterocycles. The van der Waals surface area contributed by atoms with Crippen molar-refractivity contribution in [1.82, 2.24) is 10.6 Å². The van der Waals surface area contributed by atoms with E-state index in [4.69, 9.17) is 0 Å². The van der Waals surface area contributed by atoms with Gasteiger partial charge in [0.1, 0.15) is 5.67 Å². The SMILES string of the molecule is FC1(CNC2CCCS2)CCNC1. The quantitative estimate of drug-likeness (QED) is 0.720. The van der Waals surface area contributed by atoms with Crippen LogP contribution in [0.4, 0.5) is 4.39 Å². The second kappa shape index (κ2) is 4.15.